The van der Waals surface area contributed by atoms with Crippen LogP contribution in [0.5, 0.6) is 0 Å². The molecule has 0 aliphatic carbocycles. The van der Waals surface area contributed by atoms with Crippen LogP contribution in [0, 0.1) is 0 Å². The molecule has 0 fully saturated rings. The van der Waals surface area contributed by atoms with E-state index in [1.165, 1.54) is 116 Å². The third-order valence-corrected chi connectivity index (χ3v) is 10.5. The molecule has 1 unspecified atom stereocenters. The molecule has 336 valence electrons. The molecule has 0 saturated carbocycles. The van der Waals surface area contributed by atoms with Gasteiger partial charge in [-0.3, -0.25) is 14.4 Å². The maximum Gasteiger partial charge on any atom is 0.306 e. The van der Waals surface area contributed by atoms with Gasteiger partial charge < -0.3 is 14.2 Å². The predicted molar refractivity (Wildman–Crippen MR) is 247 cm³/mol. The van der Waals surface area contributed by atoms with Crippen molar-refractivity contribution in [3.05, 3.63) is 48.6 Å². The van der Waals surface area contributed by atoms with Crippen molar-refractivity contribution in [3.63, 3.8) is 0 Å². The monoisotopic (exact) mass is 813 g/mol. The summed E-state index contributed by atoms with van der Waals surface area (Å²) < 4.78 is 16.7. The summed E-state index contributed by atoms with van der Waals surface area (Å²) in [4.78, 5) is 37.8. The van der Waals surface area contributed by atoms with Crippen LogP contribution in [0.1, 0.15) is 245 Å². The van der Waals surface area contributed by atoms with Crippen LogP contribution in [0.3, 0.4) is 0 Å². The maximum absolute atomic E-state index is 12.7. The smallest absolute Gasteiger partial charge is 0.306 e. The number of esters is 3. The van der Waals surface area contributed by atoms with Gasteiger partial charge in [-0.05, 0) is 77.0 Å². The lowest BCUT2D eigenvalue weighted by molar-refractivity contribution is -0.167. The molecule has 0 aromatic carbocycles. The van der Waals surface area contributed by atoms with Crippen LogP contribution in [0.4, 0.5) is 0 Å². The minimum absolute atomic E-state index is 0.0804. The second-order valence-corrected chi connectivity index (χ2v) is 16.4. The van der Waals surface area contributed by atoms with Crippen LogP contribution in [0.15, 0.2) is 48.6 Å². The van der Waals surface area contributed by atoms with Gasteiger partial charge in [0.2, 0.25) is 0 Å². The van der Waals surface area contributed by atoms with Gasteiger partial charge in [-0.2, -0.15) is 0 Å². The molecule has 1 atom stereocenters. The maximum atomic E-state index is 12.7. The SMILES string of the molecule is CCC/C=C\CCCCCCCC(=O)OCC(COC(=O)CCCCCCCC/C=C\C/C=C\C/C=C\CCCCC)OC(=O)CCCCCCCCCCCCC. The first-order valence-corrected chi connectivity index (χ1v) is 24.6. The van der Waals surface area contributed by atoms with E-state index in [-0.39, 0.29) is 31.1 Å². The van der Waals surface area contributed by atoms with E-state index >= 15 is 0 Å². The van der Waals surface area contributed by atoms with Crippen LogP contribution < -0.4 is 0 Å². The highest BCUT2D eigenvalue weighted by atomic mass is 16.6. The Morgan fingerprint density at radius 1 is 0.345 bits per heavy atom. The summed E-state index contributed by atoms with van der Waals surface area (Å²) in [5.74, 6) is -0.900. The molecule has 0 rings (SSSR count). The van der Waals surface area contributed by atoms with Crippen molar-refractivity contribution < 1.29 is 28.6 Å². The molecule has 0 bridgehead atoms. The first kappa shape index (κ1) is 55.4. The summed E-state index contributed by atoms with van der Waals surface area (Å²) in [6, 6.07) is 0. The van der Waals surface area contributed by atoms with Crippen LogP contribution in [-0.4, -0.2) is 37.2 Å². The van der Waals surface area contributed by atoms with Gasteiger partial charge in [0.05, 0.1) is 0 Å². The Bertz CT molecular complexity index is 1030. The minimum atomic E-state index is -0.777. The van der Waals surface area contributed by atoms with Gasteiger partial charge in [-0.15, -0.1) is 0 Å². The van der Waals surface area contributed by atoms with Crippen molar-refractivity contribution >= 4 is 17.9 Å². The topological polar surface area (TPSA) is 78.9 Å². The fraction of sp³-hybridized carbons (Fsp3) is 0.788. The van der Waals surface area contributed by atoms with E-state index in [0.29, 0.717) is 19.3 Å². The van der Waals surface area contributed by atoms with Gasteiger partial charge in [-0.25, -0.2) is 0 Å². The Kier molecular flexibility index (Phi) is 44.9. The Hall–Kier alpha value is -2.63. The van der Waals surface area contributed by atoms with Crippen molar-refractivity contribution in [1.29, 1.82) is 0 Å². The highest BCUT2D eigenvalue weighted by Crippen LogP contribution is 2.14. The van der Waals surface area contributed by atoms with E-state index in [2.05, 4.69) is 69.4 Å². The zero-order chi connectivity index (χ0) is 42.3. The fourth-order valence-corrected chi connectivity index (χ4v) is 6.80. The third-order valence-electron chi connectivity index (χ3n) is 10.5. The molecule has 0 aliphatic heterocycles. The molecule has 6 nitrogen and oxygen atoms in total. The third kappa shape index (κ3) is 44.5. The molecule has 58 heavy (non-hydrogen) atoms. The number of ether oxygens (including phenoxy) is 3. The van der Waals surface area contributed by atoms with Crippen molar-refractivity contribution in [2.45, 2.75) is 252 Å². The van der Waals surface area contributed by atoms with Crippen LogP contribution in [0.25, 0.3) is 0 Å². The number of hydrogen-bond donors (Lipinski definition) is 0. The summed E-state index contributed by atoms with van der Waals surface area (Å²) in [5, 5.41) is 0. The summed E-state index contributed by atoms with van der Waals surface area (Å²) in [6.07, 6.45) is 55.2. The van der Waals surface area contributed by atoms with Gasteiger partial charge in [0.15, 0.2) is 6.10 Å². The second kappa shape index (κ2) is 47.1. The Labute approximate surface area is 358 Å². The molecule has 0 radical (unpaired) electrons. The Morgan fingerprint density at radius 2 is 0.655 bits per heavy atom. The van der Waals surface area contributed by atoms with Crippen LogP contribution in [-0.2, 0) is 28.6 Å². The number of rotatable bonds is 44. The van der Waals surface area contributed by atoms with Crippen molar-refractivity contribution in [2.75, 3.05) is 13.2 Å². The Morgan fingerprint density at radius 3 is 1.09 bits per heavy atom. The molecule has 0 amide bonds. The predicted octanol–water partition coefficient (Wildman–Crippen LogP) is 15.9. The average molecular weight is 813 g/mol. The molecule has 0 heterocycles. The second-order valence-electron chi connectivity index (χ2n) is 16.4. The highest BCUT2D eigenvalue weighted by Gasteiger charge is 2.19. The van der Waals surface area contributed by atoms with E-state index in [4.69, 9.17) is 14.2 Å². The highest BCUT2D eigenvalue weighted by molar-refractivity contribution is 5.71. The summed E-state index contributed by atoms with van der Waals surface area (Å²) in [5.41, 5.74) is 0. The lowest BCUT2D eigenvalue weighted by atomic mass is 10.1. The lowest BCUT2D eigenvalue weighted by Crippen LogP contribution is -2.30. The zero-order valence-corrected chi connectivity index (χ0v) is 38.3. The number of unbranched alkanes of at least 4 members (excludes halogenated alkanes) is 25. The molecule has 6 heteroatoms. The number of carbonyl (C=O) groups excluding carboxylic acids is 3. The standard InChI is InChI=1S/C52H92O6/c1-4-7-10-13-16-19-22-23-24-25-26-27-28-29-31-33-36-39-42-45-51(54)57-48-49(47-56-50(53)44-41-38-35-32-21-18-15-12-9-6-3)58-52(55)46-43-40-37-34-30-20-17-14-11-8-5-2/h12,15-16,19,23-24,26-27,49H,4-11,13-14,17-18,20-22,25,28-48H2,1-3H3/b15-12-,19-16-,24-23-,27-26-. The Balaban J connectivity index is 4.32. The van der Waals surface area contributed by atoms with Crippen molar-refractivity contribution in [2.24, 2.45) is 0 Å². The van der Waals surface area contributed by atoms with E-state index in [9.17, 15) is 14.4 Å². The minimum Gasteiger partial charge on any atom is -0.462 e. The normalized spacial score (nSPS) is 12.4. The number of carbonyl (C=O) groups is 3. The number of allylic oxidation sites excluding steroid dienone is 8. The molecule has 0 aromatic heterocycles. The largest absolute Gasteiger partial charge is 0.462 e. The van der Waals surface area contributed by atoms with Crippen molar-refractivity contribution in [3.8, 4) is 0 Å². The van der Waals surface area contributed by atoms with Gasteiger partial charge >= 0.3 is 17.9 Å². The quantitative estimate of drug-likeness (QED) is 0.0264. The number of hydrogen-bond acceptors (Lipinski definition) is 6. The molecular weight excluding hydrogens is 721 g/mol. The van der Waals surface area contributed by atoms with Crippen LogP contribution >= 0.6 is 0 Å². The lowest BCUT2D eigenvalue weighted by Gasteiger charge is -2.18. The summed E-state index contributed by atoms with van der Waals surface area (Å²) >= 11 is 0. The van der Waals surface area contributed by atoms with Gasteiger partial charge in [0.25, 0.3) is 0 Å². The molecule has 0 aromatic rings. The fourth-order valence-electron chi connectivity index (χ4n) is 6.80. The first-order valence-electron chi connectivity index (χ1n) is 24.6. The van der Waals surface area contributed by atoms with E-state index in [1.54, 1.807) is 0 Å². The van der Waals surface area contributed by atoms with Gasteiger partial charge in [0.1, 0.15) is 13.2 Å². The molecular formula is C52H92O6. The molecule has 0 spiro atoms. The molecule has 0 aliphatic rings. The average Bonchev–Trinajstić information content (AvgIpc) is 3.22. The van der Waals surface area contributed by atoms with Gasteiger partial charge in [0, 0.05) is 19.3 Å². The van der Waals surface area contributed by atoms with Crippen molar-refractivity contribution in [1.82, 2.24) is 0 Å². The van der Waals surface area contributed by atoms with Crippen LogP contribution in [0.2, 0.25) is 0 Å². The van der Waals surface area contributed by atoms with E-state index in [1.807, 2.05) is 0 Å². The summed E-state index contributed by atoms with van der Waals surface area (Å²) in [7, 11) is 0. The van der Waals surface area contributed by atoms with E-state index < -0.39 is 6.10 Å². The molecule has 0 saturated heterocycles. The molecule has 0 N–H and O–H groups in total. The van der Waals surface area contributed by atoms with Gasteiger partial charge in [-0.1, -0.05) is 198 Å². The zero-order valence-electron chi connectivity index (χ0n) is 38.3. The van der Waals surface area contributed by atoms with E-state index in [0.717, 1.165) is 89.9 Å². The summed E-state index contributed by atoms with van der Waals surface area (Å²) in [6.45, 7) is 6.52. The first-order chi connectivity index (χ1) is 28.5.